The van der Waals surface area contributed by atoms with Gasteiger partial charge in [0.2, 0.25) is 0 Å². The van der Waals surface area contributed by atoms with E-state index in [1.807, 2.05) is 6.92 Å². The van der Waals surface area contributed by atoms with Gasteiger partial charge in [-0.05, 0) is 24.6 Å². The normalized spacial score (nSPS) is 12.8. The van der Waals surface area contributed by atoms with E-state index in [0.29, 0.717) is 6.42 Å². The smallest absolute Gasteiger partial charge is 0.406 e. The van der Waals surface area contributed by atoms with Gasteiger partial charge in [0.05, 0.1) is 6.10 Å². The summed E-state index contributed by atoms with van der Waals surface area (Å²) in [6.07, 6.45) is -4.16. The fourth-order valence-corrected chi connectivity index (χ4v) is 1.58. The SMILES string of the molecule is CCCC(O)CNC(=O)c1cccc(OC(F)(F)F)c1. The minimum absolute atomic E-state index is 0.0375. The lowest BCUT2D eigenvalue weighted by Crippen LogP contribution is -2.32. The highest BCUT2D eigenvalue weighted by Gasteiger charge is 2.31. The zero-order chi connectivity index (χ0) is 15.2. The van der Waals surface area contributed by atoms with Gasteiger partial charge in [0.1, 0.15) is 5.75 Å². The average molecular weight is 291 g/mol. The quantitative estimate of drug-likeness (QED) is 0.846. The van der Waals surface area contributed by atoms with Gasteiger partial charge in [-0.25, -0.2) is 0 Å². The van der Waals surface area contributed by atoms with Crippen molar-refractivity contribution in [2.45, 2.75) is 32.2 Å². The highest BCUT2D eigenvalue weighted by atomic mass is 19.4. The Hall–Kier alpha value is -1.76. The molecule has 1 aromatic rings. The lowest BCUT2D eigenvalue weighted by atomic mass is 10.2. The number of hydrogen-bond donors (Lipinski definition) is 2. The molecule has 4 nitrogen and oxygen atoms in total. The summed E-state index contributed by atoms with van der Waals surface area (Å²) < 4.78 is 39.9. The van der Waals surface area contributed by atoms with Crippen LogP contribution in [0.2, 0.25) is 0 Å². The second kappa shape index (κ2) is 7.14. The van der Waals surface area contributed by atoms with Crippen LogP contribution in [0.4, 0.5) is 13.2 Å². The number of aliphatic hydroxyl groups excluding tert-OH is 1. The third-order valence-electron chi connectivity index (χ3n) is 2.45. The van der Waals surface area contributed by atoms with E-state index in [1.54, 1.807) is 0 Å². The zero-order valence-corrected chi connectivity index (χ0v) is 10.9. The zero-order valence-electron chi connectivity index (χ0n) is 10.9. The van der Waals surface area contributed by atoms with Crippen molar-refractivity contribution in [1.82, 2.24) is 5.32 Å². The van der Waals surface area contributed by atoms with E-state index in [0.717, 1.165) is 18.6 Å². The summed E-state index contributed by atoms with van der Waals surface area (Å²) in [4.78, 5) is 11.7. The molecule has 0 bridgehead atoms. The summed E-state index contributed by atoms with van der Waals surface area (Å²) in [5.41, 5.74) is 0.0375. The van der Waals surface area contributed by atoms with Crippen molar-refractivity contribution < 1.29 is 27.8 Å². The Morgan fingerprint density at radius 3 is 2.75 bits per heavy atom. The molecule has 7 heteroatoms. The Morgan fingerprint density at radius 2 is 2.15 bits per heavy atom. The Balaban J connectivity index is 2.62. The molecule has 0 aliphatic carbocycles. The van der Waals surface area contributed by atoms with Gasteiger partial charge in [0, 0.05) is 12.1 Å². The van der Waals surface area contributed by atoms with E-state index >= 15 is 0 Å². The second-order valence-corrected chi connectivity index (χ2v) is 4.23. The number of alkyl halides is 3. The molecular formula is C13H16F3NO3. The molecule has 20 heavy (non-hydrogen) atoms. The van der Waals surface area contributed by atoms with Crippen LogP contribution in [0.15, 0.2) is 24.3 Å². The van der Waals surface area contributed by atoms with Gasteiger partial charge in [0.25, 0.3) is 5.91 Å². The number of rotatable bonds is 6. The first-order valence-electron chi connectivity index (χ1n) is 6.14. The number of carbonyl (C=O) groups excluding carboxylic acids is 1. The lowest BCUT2D eigenvalue weighted by molar-refractivity contribution is -0.274. The van der Waals surface area contributed by atoms with Crippen LogP contribution in [0.25, 0.3) is 0 Å². The molecule has 0 radical (unpaired) electrons. The molecule has 0 saturated heterocycles. The molecule has 0 heterocycles. The minimum Gasteiger partial charge on any atom is -0.406 e. The molecule has 1 amide bonds. The predicted molar refractivity (Wildman–Crippen MR) is 66.4 cm³/mol. The molecule has 0 fully saturated rings. The molecule has 1 rings (SSSR count). The molecule has 0 saturated carbocycles. The molecule has 0 spiro atoms. The van der Waals surface area contributed by atoms with E-state index in [9.17, 15) is 23.1 Å². The Labute approximate surface area is 114 Å². The molecular weight excluding hydrogens is 275 g/mol. The van der Waals surface area contributed by atoms with Crippen molar-refractivity contribution in [2.75, 3.05) is 6.54 Å². The average Bonchev–Trinajstić information content (AvgIpc) is 2.34. The number of nitrogens with one attached hydrogen (secondary N) is 1. The molecule has 1 atom stereocenters. The van der Waals surface area contributed by atoms with Crippen molar-refractivity contribution in [1.29, 1.82) is 0 Å². The van der Waals surface area contributed by atoms with Crippen molar-refractivity contribution in [2.24, 2.45) is 0 Å². The molecule has 2 N–H and O–H groups in total. The number of aliphatic hydroxyl groups is 1. The molecule has 112 valence electrons. The molecule has 0 aromatic heterocycles. The molecule has 0 aliphatic rings. The summed E-state index contributed by atoms with van der Waals surface area (Å²) in [7, 11) is 0. The van der Waals surface area contributed by atoms with Gasteiger partial charge < -0.3 is 15.2 Å². The van der Waals surface area contributed by atoms with Gasteiger partial charge in [-0.15, -0.1) is 13.2 Å². The third-order valence-corrected chi connectivity index (χ3v) is 2.45. The Bertz CT molecular complexity index is 449. The first kappa shape index (κ1) is 16.3. The van der Waals surface area contributed by atoms with Crippen LogP contribution in [0, 0.1) is 0 Å². The summed E-state index contributed by atoms with van der Waals surface area (Å²) in [6.45, 7) is 1.94. The van der Waals surface area contributed by atoms with Crippen LogP contribution in [-0.4, -0.2) is 30.0 Å². The fraction of sp³-hybridized carbons (Fsp3) is 0.462. The van der Waals surface area contributed by atoms with Gasteiger partial charge in [-0.3, -0.25) is 4.79 Å². The van der Waals surface area contributed by atoms with Crippen molar-refractivity contribution in [3.8, 4) is 5.75 Å². The highest BCUT2D eigenvalue weighted by molar-refractivity contribution is 5.94. The number of amides is 1. The Morgan fingerprint density at radius 1 is 1.45 bits per heavy atom. The molecule has 1 unspecified atom stereocenters. The first-order chi connectivity index (χ1) is 9.31. The Kier molecular flexibility index (Phi) is 5.82. The van der Waals surface area contributed by atoms with Gasteiger partial charge in [0.15, 0.2) is 0 Å². The van der Waals surface area contributed by atoms with Crippen molar-refractivity contribution in [3.63, 3.8) is 0 Å². The maximum Gasteiger partial charge on any atom is 0.573 e. The van der Waals surface area contributed by atoms with E-state index < -0.39 is 24.1 Å². The topological polar surface area (TPSA) is 58.6 Å². The van der Waals surface area contributed by atoms with E-state index in [-0.39, 0.29) is 12.1 Å². The number of halogens is 3. The monoisotopic (exact) mass is 291 g/mol. The van der Waals surface area contributed by atoms with Crippen LogP contribution in [0.5, 0.6) is 5.75 Å². The fourth-order valence-electron chi connectivity index (χ4n) is 1.58. The summed E-state index contributed by atoms with van der Waals surface area (Å²) in [5.74, 6) is -1.02. The van der Waals surface area contributed by atoms with Gasteiger partial charge in [-0.1, -0.05) is 19.4 Å². The van der Waals surface area contributed by atoms with Crippen LogP contribution in [-0.2, 0) is 0 Å². The van der Waals surface area contributed by atoms with E-state index in [4.69, 9.17) is 0 Å². The summed E-state index contributed by atoms with van der Waals surface area (Å²) in [6, 6.07) is 4.76. The van der Waals surface area contributed by atoms with Crippen LogP contribution in [0.1, 0.15) is 30.1 Å². The number of ether oxygens (including phenoxy) is 1. The van der Waals surface area contributed by atoms with Crippen LogP contribution in [0.3, 0.4) is 0 Å². The molecule has 0 aliphatic heterocycles. The predicted octanol–water partition coefficient (Wildman–Crippen LogP) is 2.48. The highest BCUT2D eigenvalue weighted by Crippen LogP contribution is 2.23. The third kappa shape index (κ3) is 5.92. The standard InChI is InChI=1S/C13H16F3NO3/c1-2-4-10(18)8-17-12(19)9-5-3-6-11(7-9)20-13(14,15)16/h3,5-7,10,18H,2,4,8H2,1H3,(H,17,19). The molecule has 1 aromatic carbocycles. The van der Waals surface area contributed by atoms with Crippen molar-refractivity contribution >= 4 is 5.91 Å². The van der Waals surface area contributed by atoms with E-state index in [2.05, 4.69) is 10.1 Å². The van der Waals surface area contributed by atoms with Gasteiger partial charge in [-0.2, -0.15) is 0 Å². The number of hydrogen-bond acceptors (Lipinski definition) is 3. The van der Waals surface area contributed by atoms with Crippen molar-refractivity contribution in [3.05, 3.63) is 29.8 Å². The van der Waals surface area contributed by atoms with Crippen LogP contribution < -0.4 is 10.1 Å². The number of carbonyl (C=O) groups is 1. The van der Waals surface area contributed by atoms with E-state index in [1.165, 1.54) is 12.1 Å². The first-order valence-corrected chi connectivity index (χ1v) is 6.14. The van der Waals surface area contributed by atoms with Crippen LogP contribution >= 0.6 is 0 Å². The minimum atomic E-state index is -4.80. The maximum atomic E-state index is 12.1. The maximum absolute atomic E-state index is 12.1. The lowest BCUT2D eigenvalue weighted by Gasteiger charge is -2.12. The van der Waals surface area contributed by atoms with Gasteiger partial charge >= 0.3 is 6.36 Å². The summed E-state index contributed by atoms with van der Waals surface area (Å²) >= 11 is 0. The number of benzene rings is 1. The largest absolute Gasteiger partial charge is 0.573 e. The second-order valence-electron chi connectivity index (χ2n) is 4.23. The summed E-state index contributed by atoms with van der Waals surface area (Å²) in [5, 5.41) is 11.9.